The van der Waals surface area contributed by atoms with Crippen LogP contribution >= 0.6 is 0 Å². The van der Waals surface area contributed by atoms with Gasteiger partial charge in [-0.3, -0.25) is 13.9 Å². The molecule has 8 nitrogen and oxygen atoms in total. The van der Waals surface area contributed by atoms with Crippen LogP contribution in [0.25, 0.3) is 0 Å². The summed E-state index contributed by atoms with van der Waals surface area (Å²) < 4.78 is 4.88. The van der Waals surface area contributed by atoms with Crippen molar-refractivity contribution in [3.05, 3.63) is 44.2 Å². The van der Waals surface area contributed by atoms with E-state index in [1.54, 1.807) is 7.05 Å². The lowest BCUT2D eigenvalue weighted by Crippen LogP contribution is -2.39. The fourth-order valence-electron chi connectivity index (χ4n) is 3.36. The van der Waals surface area contributed by atoms with Crippen LogP contribution in [0.4, 0.5) is 0 Å². The van der Waals surface area contributed by atoms with E-state index in [0.29, 0.717) is 24.1 Å². The first-order valence-electron chi connectivity index (χ1n) is 8.77. The molecule has 0 amide bonds. The normalized spacial score (nSPS) is 17.1. The van der Waals surface area contributed by atoms with Gasteiger partial charge >= 0.3 is 5.69 Å². The molecule has 1 atom stereocenters. The lowest BCUT2D eigenvalue weighted by molar-refractivity contribution is 0.338. The summed E-state index contributed by atoms with van der Waals surface area (Å²) in [4.78, 5) is 23.8. The number of nitrogens with zero attached hydrogens (tertiary/aromatic N) is 5. The summed E-state index contributed by atoms with van der Waals surface area (Å²) in [5.41, 5.74) is 0.141. The quantitative estimate of drug-likeness (QED) is 0.833. The maximum absolute atomic E-state index is 12.0. The fraction of sp³-hybridized carbons (Fsp3) is 0.647. The second-order valence-corrected chi connectivity index (χ2v) is 7.15. The molecule has 1 aliphatic heterocycles. The van der Waals surface area contributed by atoms with Crippen LogP contribution in [0.5, 0.6) is 0 Å². The monoisotopic (exact) mass is 346 g/mol. The smallest absolute Gasteiger partial charge is 0.314 e. The van der Waals surface area contributed by atoms with Crippen LogP contribution in [-0.4, -0.2) is 30.4 Å². The first kappa shape index (κ1) is 17.6. The van der Waals surface area contributed by atoms with Gasteiger partial charge in [0.2, 0.25) is 0 Å². The molecule has 2 aromatic heterocycles. The third kappa shape index (κ3) is 3.44. The zero-order valence-electron chi connectivity index (χ0n) is 15.3. The van der Waals surface area contributed by atoms with E-state index in [9.17, 15) is 9.59 Å². The van der Waals surface area contributed by atoms with Crippen molar-refractivity contribution < 1.29 is 0 Å². The zero-order chi connectivity index (χ0) is 18.1. The predicted molar refractivity (Wildman–Crippen MR) is 94.6 cm³/mol. The zero-order valence-corrected chi connectivity index (χ0v) is 15.3. The SMILES string of the molecule is CC(C)c1nnc2n1C[C@H](CNCc1cc(=O)n(C)c(=O)n1C)CC2. The number of nitrogens with one attached hydrogen (secondary N) is 1. The molecular weight excluding hydrogens is 320 g/mol. The molecule has 0 bridgehead atoms. The van der Waals surface area contributed by atoms with E-state index < -0.39 is 0 Å². The fourth-order valence-corrected chi connectivity index (χ4v) is 3.36. The molecular formula is C17H26N6O2. The lowest BCUT2D eigenvalue weighted by atomic mass is 9.98. The van der Waals surface area contributed by atoms with Gasteiger partial charge in [-0.1, -0.05) is 13.8 Å². The maximum atomic E-state index is 12.0. The molecule has 0 radical (unpaired) electrons. The predicted octanol–water partition coefficient (Wildman–Crippen LogP) is 0.151. The molecule has 0 fully saturated rings. The average molecular weight is 346 g/mol. The molecule has 3 rings (SSSR count). The Balaban J connectivity index is 1.63. The summed E-state index contributed by atoms with van der Waals surface area (Å²) in [5, 5.41) is 12.0. The molecule has 0 aliphatic carbocycles. The van der Waals surface area contributed by atoms with Gasteiger partial charge < -0.3 is 9.88 Å². The molecule has 0 saturated heterocycles. The van der Waals surface area contributed by atoms with Crippen molar-refractivity contribution in [2.75, 3.05) is 6.54 Å². The van der Waals surface area contributed by atoms with Crippen molar-refractivity contribution in [3.8, 4) is 0 Å². The van der Waals surface area contributed by atoms with E-state index in [4.69, 9.17) is 0 Å². The lowest BCUT2D eigenvalue weighted by Gasteiger charge is -2.25. The Morgan fingerprint density at radius 1 is 1.24 bits per heavy atom. The third-order valence-corrected chi connectivity index (χ3v) is 4.95. The van der Waals surface area contributed by atoms with Gasteiger partial charge in [-0.2, -0.15) is 0 Å². The Hall–Kier alpha value is -2.22. The summed E-state index contributed by atoms with van der Waals surface area (Å²) in [6.45, 7) is 6.52. The Morgan fingerprint density at radius 3 is 2.72 bits per heavy atom. The molecule has 2 aromatic rings. The number of fused-ring (bicyclic) bond motifs is 1. The topological polar surface area (TPSA) is 86.7 Å². The van der Waals surface area contributed by atoms with Gasteiger partial charge in [0.05, 0.1) is 0 Å². The average Bonchev–Trinajstić information content (AvgIpc) is 3.01. The minimum Gasteiger partial charge on any atom is -0.314 e. The van der Waals surface area contributed by atoms with Crippen molar-refractivity contribution in [1.82, 2.24) is 29.2 Å². The van der Waals surface area contributed by atoms with Gasteiger partial charge in [-0.25, -0.2) is 4.79 Å². The van der Waals surface area contributed by atoms with Crippen LogP contribution in [-0.2, 0) is 33.6 Å². The van der Waals surface area contributed by atoms with E-state index in [-0.39, 0.29) is 11.2 Å². The minimum absolute atomic E-state index is 0.270. The van der Waals surface area contributed by atoms with E-state index in [2.05, 4.69) is 33.9 Å². The Morgan fingerprint density at radius 2 is 2.00 bits per heavy atom. The van der Waals surface area contributed by atoms with Crippen LogP contribution < -0.4 is 16.6 Å². The molecule has 25 heavy (non-hydrogen) atoms. The van der Waals surface area contributed by atoms with E-state index in [0.717, 1.165) is 42.1 Å². The molecule has 1 aliphatic rings. The van der Waals surface area contributed by atoms with E-state index in [1.807, 2.05) is 0 Å². The highest BCUT2D eigenvalue weighted by molar-refractivity contribution is 5.04. The van der Waals surface area contributed by atoms with Crippen LogP contribution in [0.1, 0.15) is 43.5 Å². The third-order valence-electron chi connectivity index (χ3n) is 4.95. The van der Waals surface area contributed by atoms with Gasteiger partial charge in [0.1, 0.15) is 11.6 Å². The second kappa shape index (κ2) is 6.95. The van der Waals surface area contributed by atoms with Gasteiger partial charge in [-0.15, -0.1) is 10.2 Å². The van der Waals surface area contributed by atoms with Gasteiger partial charge in [-0.05, 0) is 12.3 Å². The highest BCUT2D eigenvalue weighted by Crippen LogP contribution is 2.23. The van der Waals surface area contributed by atoms with E-state index >= 15 is 0 Å². The summed E-state index contributed by atoms with van der Waals surface area (Å²) in [6, 6.07) is 1.52. The number of hydrogen-bond acceptors (Lipinski definition) is 5. The van der Waals surface area contributed by atoms with Gasteiger partial charge in [0, 0.05) is 57.8 Å². The maximum Gasteiger partial charge on any atom is 0.330 e. The Bertz CT molecular complexity index is 876. The molecule has 8 heteroatoms. The number of aromatic nitrogens is 5. The second-order valence-electron chi connectivity index (χ2n) is 7.15. The molecule has 1 N–H and O–H groups in total. The largest absolute Gasteiger partial charge is 0.330 e. The standard InChI is InChI=1S/C17H26N6O2/c1-11(2)16-20-19-14-6-5-12(10-23(14)16)8-18-9-13-7-15(24)22(4)17(25)21(13)3/h7,11-12,18H,5-6,8-10H2,1-4H3/t12-/m0/s1. The molecule has 136 valence electrons. The van der Waals surface area contributed by atoms with E-state index in [1.165, 1.54) is 17.7 Å². The minimum atomic E-state index is -0.294. The molecule has 0 spiro atoms. The number of aryl methyl sites for hydroxylation is 1. The van der Waals surface area contributed by atoms with Gasteiger partial charge in [0.15, 0.2) is 0 Å². The van der Waals surface area contributed by atoms with Crippen molar-refractivity contribution in [2.45, 2.75) is 45.7 Å². The number of hydrogen-bond donors (Lipinski definition) is 1. The van der Waals surface area contributed by atoms with Crippen LogP contribution in [0, 0.1) is 5.92 Å². The Kier molecular flexibility index (Phi) is 4.89. The first-order valence-corrected chi connectivity index (χ1v) is 8.77. The van der Waals surface area contributed by atoms with Crippen molar-refractivity contribution >= 4 is 0 Å². The summed E-state index contributed by atoms with van der Waals surface area (Å²) >= 11 is 0. The number of rotatable bonds is 5. The van der Waals surface area contributed by atoms with Crippen molar-refractivity contribution in [2.24, 2.45) is 20.0 Å². The summed E-state index contributed by atoms with van der Waals surface area (Å²) in [6.07, 6.45) is 2.01. The van der Waals surface area contributed by atoms with Gasteiger partial charge in [0.25, 0.3) is 5.56 Å². The Labute approximate surface area is 146 Å². The summed E-state index contributed by atoms with van der Waals surface area (Å²) in [5.74, 6) is 2.98. The molecule has 0 unspecified atom stereocenters. The molecule has 0 saturated carbocycles. The van der Waals surface area contributed by atoms with Crippen LogP contribution in [0.15, 0.2) is 15.7 Å². The molecule has 3 heterocycles. The van der Waals surface area contributed by atoms with Crippen LogP contribution in [0.3, 0.4) is 0 Å². The van der Waals surface area contributed by atoms with Crippen LogP contribution in [0.2, 0.25) is 0 Å². The highest BCUT2D eigenvalue weighted by Gasteiger charge is 2.23. The molecule has 0 aromatic carbocycles. The van der Waals surface area contributed by atoms with Crippen molar-refractivity contribution in [3.63, 3.8) is 0 Å². The highest BCUT2D eigenvalue weighted by atomic mass is 16.2. The first-order chi connectivity index (χ1) is 11.9. The summed E-state index contributed by atoms with van der Waals surface area (Å²) in [7, 11) is 3.19. The van der Waals surface area contributed by atoms with Crippen molar-refractivity contribution in [1.29, 1.82) is 0 Å².